The van der Waals surface area contributed by atoms with Crippen LogP contribution in [-0.4, -0.2) is 7.11 Å². The van der Waals surface area contributed by atoms with Crippen molar-refractivity contribution < 1.29 is 4.74 Å². The summed E-state index contributed by atoms with van der Waals surface area (Å²) < 4.78 is 5.18. The third-order valence-corrected chi connectivity index (χ3v) is 2.23. The molecule has 0 saturated carbocycles. The molecule has 0 radical (unpaired) electrons. The fourth-order valence-corrected chi connectivity index (χ4v) is 1.56. The van der Waals surface area contributed by atoms with Crippen molar-refractivity contribution in [2.24, 2.45) is 0 Å². The lowest BCUT2D eigenvalue weighted by Crippen LogP contribution is -1.92. The summed E-state index contributed by atoms with van der Waals surface area (Å²) in [7, 11) is 1.62. The molecule has 1 aromatic carbocycles. The van der Waals surface area contributed by atoms with Crippen LogP contribution < -0.4 is 4.74 Å². The maximum absolute atomic E-state index is 6.02. The molecular weight excluding hydrogens is 184 g/mol. The topological polar surface area (TPSA) is 9.23 Å². The molecule has 13 heavy (non-hydrogen) atoms. The van der Waals surface area contributed by atoms with Crippen LogP contribution in [0.2, 0.25) is 5.02 Å². The monoisotopic (exact) mass is 194 g/mol. The van der Waals surface area contributed by atoms with Gasteiger partial charge in [-0.2, -0.15) is 0 Å². The van der Waals surface area contributed by atoms with Crippen LogP contribution in [0.4, 0.5) is 0 Å². The first kappa shape index (κ1) is 9.95. The largest absolute Gasteiger partial charge is 0.496 e. The molecule has 0 heterocycles. The van der Waals surface area contributed by atoms with Crippen LogP contribution in [0.25, 0.3) is 0 Å². The predicted octanol–water partition coefficient (Wildman–Crippen LogP) is 2.89. The molecule has 0 atom stereocenters. The van der Waals surface area contributed by atoms with E-state index in [1.807, 2.05) is 13.0 Å². The fourth-order valence-electron chi connectivity index (χ4n) is 1.22. The van der Waals surface area contributed by atoms with Crippen LogP contribution in [0.3, 0.4) is 0 Å². The number of halogens is 1. The number of hydrogen-bond donors (Lipinski definition) is 0. The molecule has 1 nitrogen and oxygen atoms in total. The molecule has 0 amide bonds. The van der Waals surface area contributed by atoms with Crippen molar-refractivity contribution in [2.75, 3.05) is 7.11 Å². The summed E-state index contributed by atoms with van der Waals surface area (Å²) in [6.07, 6.45) is 6.11. The minimum atomic E-state index is 0.676. The van der Waals surface area contributed by atoms with Gasteiger partial charge in [0.2, 0.25) is 0 Å². The first-order chi connectivity index (χ1) is 6.22. The molecule has 0 aromatic heterocycles. The fraction of sp³-hybridized carbons (Fsp3) is 0.273. The Morgan fingerprint density at radius 1 is 1.54 bits per heavy atom. The molecule has 1 rings (SSSR count). The first-order valence-corrected chi connectivity index (χ1v) is 4.43. The maximum Gasteiger partial charge on any atom is 0.124 e. The highest BCUT2D eigenvalue weighted by atomic mass is 35.5. The van der Waals surface area contributed by atoms with E-state index in [0.29, 0.717) is 5.02 Å². The molecule has 68 valence electrons. The second-order valence-corrected chi connectivity index (χ2v) is 3.04. The lowest BCUT2D eigenvalue weighted by Gasteiger charge is -2.08. The smallest absolute Gasteiger partial charge is 0.124 e. The number of ether oxygens (including phenoxy) is 1. The van der Waals surface area contributed by atoms with Gasteiger partial charge in [-0.1, -0.05) is 24.4 Å². The van der Waals surface area contributed by atoms with Gasteiger partial charge in [-0.25, -0.2) is 0 Å². The van der Waals surface area contributed by atoms with E-state index >= 15 is 0 Å². The summed E-state index contributed by atoms with van der Waals surface area (Å²) in [6.45, 7) is 2.03. The molecule has 0 spiro atoms. The molecular formula is C11H11ClO. The van der Waals surface area contributed by atoms with Crippen LogP contribution >= 0.6 is 11.6 Å². The second kappa shape index (κ2) is 4.20. The van der Waals surface area contributed by atoms with Crippen LogP contribution in [0.15, 0.2) is 12.1 Å². The van der Waals surface area contributed by atoms with E-state index in [2.05, 4.69) is 5.92 Å². The highest BCUT2D eigenvalue weighted by molar-refractivity contribution is 6.31. The Bertz CT molecular complexity index is 350. The Balaban J connectivity index is 3.31. The van der Waals surface area contributed by atoms with Gasteiger partial charge in [0.05, 0.1) is 7.11 Å². The predicted molar refractivity (Wildman–Crippen MR) is 55.3 cm³/mol. The van der Waals surface area contributed by atoms with Crippen LogP contribution in [0.5, 0.6) is 5.75 Å². The first-order valence-electron chi connectivity index (χ1n) is 4.06. The lowest BCUT2D eigenvalue weighted by atomic mass is 10.1. The third-order valence-electron chi connectivity index (χ3n) is 1.89. The molecule has 0 bridgehead atoms. The summed E-state index contributed by atoms with van der Waals surface area (Å²) in [5.41, 5.74) is 1.75. The van der Waals surface area contributed by atoms with Crippen molar-refractivity contribution in [1.82, 2.24) is 0 Å². The SMILES string of the molecule is C#Cc1cc(Cl)c(CC)c(OC)c1. The molecule has 0 unspecified atom stereocenters. The Labute approximate surface area is 83.7 Å². The van der Waals surface area contributed by atoms with E-state index in [-0.39, 0.29) is 0 Å². The van der Waals surface area contributed by atoms with Gasteiger partial charge < -0.3 is 4.74 Å². The zero-order chi connectivity index (χ0) is 9.84. The zero-order valence-electron chi connectivity index (χ0n) is 7.73. The van der Waals surface area contributed by atoms with Gasteiger partial charge >= 0.3 is 0 Å². The van der Waals surface area contributed by atoms with Crippen molar-refractivity contribution in [1.29, 1.82) is 0 Å². The van der Waals surface area contributed by atoms with Crippen molar-refractivity contribution in [3.63, 3.8) is 0 Å². The lowest BCUT2D eigenvalue weighted by molar-refractivity contribution is 0.410. The molecule has 0 saturated heterocycles. The summed E-state index contributed by atoms with van der Waals surface area (Å²) in [5.74, 6) is 3.30. The van der Waals surface area contributed by atoms with E-state index in [1.54, 1.807) is 13.2 Å². The van der Waals surface area contributed by atoms with E-state index in [9.17, 15) is 0 Å². The van der Waals surface area contributed by atoms with Crippen LogP contribution in [-0.2, 0) is 6.42 Å². The molecule has 2 heteroatoms. The van der Waals surface area contributed by atoms with E-state index in [0.717, 1.165) is 23.3 Å². The average molecular weight is 195 g/mol. The summed E-state index contributed by atoms with van der Waals surface area (Å²) in [4.78, 5) is 0. The zero-order valence-corrected chi connectivity index (χ0v) is 8.48. The Morgan fingerprint density at radius 3 is 2.69 bits per heavy atom. The highest BCUT2D eigenvalue weighted by Gasteiger charge is 2.07. The summed E-state index contributed by atoms with van der Waals surface area (Å²) >= 11 is 6.02. The van der Waals surface area contributed by atoms with Gasteiger partial charge in [0.25, 0.3) is 0 Å². The Morgan fingerprint density at radius 2 is 2.23 bits per heavy atom. The van der Waals surface area contributed by atoms with E-state index < -0.39 is 0 Å². The van der Waals surface area contributed by atoms with Gasteiger partial charge in [-0.3, -0.25) is 0 Å². The maximum atomic E-state index is 6.02. The molecule has 1 aromatic rings. The minimum Gasteiger partial charge on any atom is -0.496 e. The van der Waals surface area contributed by atoms with Crippen LogP contribution in [0, 0.1) is 12.3 Å². The average Bonchev–Trinajstić information content (AvgIpc) is 2.16. The Hall–Kier alpha value is -1.13. The van der Waals surface area contributed by atoms with Gasteiger partial charge in [0.1, 0.15) is 5.75 Å². The van der Waals surface area contributed by atoms with Crippen molar-refractivity contribution in [2.45, 2.75) is 13.3 Å². The van der Waals surface area contributed by atoms with Gasteiger partial charge in [-0.05, 0) is 18.6 Å². The van der Waals surface area contributed by atoms with Gasteiger partial charge in [0.15, 0.2) is 0 Å². The number of methoxy groups -OCH3 is 1. The summed E-state index contributed by atoms with van der Waals surface area (Å²) in [5, 5.41) is 0.676. The van der Waals surface area contributed by atoms with E-state index in [4.69, 9.17) is 22.8 Å². The molecule has 0 aliphatic carbocycles. The standard InChI is InChI=1S/C11H11ClO/c1-4-8-6-10(12)9(5-2)11(7-8)13-3/h1,6-7H,5H2,2-3H3. The van der Waals surface area contributed by atoms with Crippen LogP contribution in [0.1, 0.15) is 18.1 Å². The van der Waals surface area contributed by atoms with Crippen molar-refractivity contribution >= 4 is 11.6 Å². The molecule has 0 aliphatic heterocycles. The van der Waals surface area contributed by atoms with Crippen molar-refractivity contribution in [3.8, 4) is 18.1 Å². The van der Waals surface area contributed by atoms with Crippen molar-refractivity contribution in [3.05, 3.63) is 28.3 Å². The normalized spacial score (nSPS) is 9.38. The third kappa shape index (κ3) is 1.96. The number of terminal acetylenes is 1. The minimum absolute atomic E-state index is 0.676. The quantitative estimate of drug-likeness (QED) is 0.658. The molecule has 0 fully saturated rings. The number of benzene rings is 1. The van der Waals surface area contributed by atoms with E-state index in [1.165, 1.54) is 0 Å². The number of hydrogen-bond acceptors (Lipinski definition) is 1. The number of rotatable bonds is 2. The van der Waals surface area contributed by atoms with Gasteiger partial charge in [0, 0.05) is 16.1 Å². The van der Waals surface area contributed by atoms with Gasteiger partial charge in [-0.15, -0.1) is 6.42 Å². The molecule has 0 aliphatic rings. The second-order valence-electron chi connectivity index (χ2n) is 2.64. The summed E-state index contributed by atoms with van der Waals surface area (Å²) in [6, 6.07) is 3.60. The highest BCUT2D eigenvalue weighted by Crippen LogP contribution is 2.28. The molecule has 0 N–H and O–H groups in total. The Kier molecular flexibility index (Phi) is 3.22.